The standard InChI is InChI=1S/C22H30O/c1-4-6-17-21(23)22(18(3)5-2,19-13-9-7-10-14-19)20-15-11-8-12-16-20/h7-16,18,21,23H,4-6,17H2,1-3H3. The van der Waals surface area contributed by atoms with Crippen LogP contribution in [0.3, 0.4) is 0 Å². The number of hydrogen-bond acceptors (Lipinski definition) is 1. The lowest BCUT2D eigenvalue weighted by Crippen LogP contribution is -2.46. The molecule has 1 heteroatoms. The Bertz CT molecular complexity index is 522. The van der Waals surface area contributed by atoms with Crippen LogP contribution >= 0.6 is 0 Å². The molecule has 2 atom stereocenters. The van der Waals surface area contributed by atoms with Crippen LogP contribution in [0.25, 0.3) is 0 Å². The van der Waals surface area contributed by atoms with Gasteiger partial charge >= 0.3 is 0 Å². The molecule has 0 spiro atoms. The number of aliphatic hydroxyl groups excluding tert-OH is 1. The van der Waals surface area contributed by atoms with Crippen LogP contribution in [0.5, 0.6) is 0 Å². The first-order valence-electron chi connectivity index (χ1n) is 8.96. The minimum atomic E-state index is -0.373. The van der Waals surface area contributed by atoms with Crippen molar-refractivity contribution < 1.29 is 5.11 Å². The Morgan fingerprint density at radius 1 is 0.870 bits per heavy atom. The minimum Gasteiger partial charge on any atom is -0.392 e. The second-order valence-corrected chi connectivity index (χ2v) is 6.57. The molecule has 124 valence electrons. The zero-order chi connectivity index (χ0) is 16.7. The lowest BCUT2D eigenvalue weighted by atomic mass is 9.61. The van der Waals surface area contributed by atoms with Gasteiger partial charge in [-0.25, -0.2) is 0 Å². The molecule has 2 aromatic carbocycles. The van der Waals surface area contributed by atoms with Gasteiger partial charge in [0.05, 0.1) is 6.10 Å². The summed E-state index contributed by atoms with van der Waals surface area (Å²) in [6.45, 7) is 6.68. The summed E-state index contributed by atoms with van der Waals surface area (Å²) in [6, 6.07) is 21.1. The monoisotopic (exact) mass is 310 g/mol. The maximum Gasteiger partial charge on any atom is 0.0680 e. The Hall–Kier alpha value is -1.60. The van der Waals surface area contributed by atoms with E-state index >= 15 is 0 Å². The lowest BCUT2D eigenvalue weighted by Gasteiger charge is -2.44. The van der Waals surface area contributed by atoms with Gasteiger partial charge in [-0.05, 0) is 23.5 Å². The van der Waals surface area contributed by atoms with Crippen LogP contribution < -0.4 is 0 Å². The lowest BCUT2D eigenvalue weighted by molar-refractivity contribution is 0.0591. The third kappa shape index (κ3) is 3.50. The smallest absolute Gasteiger partial charge is 0.0680 e. The molecular formula is C22H30O. The fourth-order valence-electron chi connectivity index (χ4n) is 3.82. The van der Waals surface area contributed by atoms with Gasteiger partial charge in [-0.2, -0.15) is 0 Å². The second-order valence-electron chi connectivity index (χ2n) is 6.57. The van der Waals surface area contributed by atoms with Crippen molar-refractivity contribution in [1.82, 2.24) is 0 Å². The van der Waals surface area contributed by atoms with Crippen LogP contribution in [0.15, 0.2) is 60.7 Å². The summed E-state index contributed by atoms with van der Waals surface area (Å²) >= 11 is 0. The molecule has 2 unspecified atom stereocenters. The van der Waals surface area contributed by atoms with Gasteiger partial charge in [-0.15, -0.1) is 0 Å². The molecule has 0 saturated carbocycles. The molecule has 23 heavy (non-hydrogen) atoms. The van der Waals surface area contributed by atoms with Crippen molar-refractivity contribution >= 4 is 0 Å². The molecule has 0 amide bonds. The summed E-state index contributed by atoms with van der Waals surface area (Å²) in [5.74, 6) is 0.360. The van der Waals surface area contributed by atoms with Gasteiger partial charge in [0.1, 0.15) is 0 Å². The topological polar surface area (TPSA) is 20.2 Å². The number of hydrogen-bond donors (Lipinski definition) is 1. The molecule has 1 N–H and O–H groups in total. The van der Waals surface area contributed by atoms with Gasteiger partial charge in [0.2, 0.25) is 0 Å². The van der Waals surface area contributed by atoms with Crippen LogP contribution in [0, 0.1) is 5.92 Å². The van der Waals surface area contributed by atoms with Gasteiger partial charge in [0.25, 0.3) is 0 Å². The SMILES string of the molecule is CCCCC(O)C(c1ccccc1)(c1ccccc1)C(C)CC. The van der Waals surface area contributed by atoms with E-state index in [2.05, 4.69) is 69.3 Å². The van der Waals surface area contributed by atoms with Crippen LogP contribution in [-0.4, -0.2) is 11.2 Å². The first-order chi connectivity index (χ1) is 11.2. The van der Waals surface area contributed by atoms with Crippen molar-refractivity contribution in [3.8, 4) is 0 Å². The first-order valence-corrected chi connectivity index (χ1v) is 8.96. The van der Waals surface area contributed by atoms with E-state index in [0.717, 1.165) is 25.7 Å². The van der Waals surface area contributed by atoms with Gasteiger partial charge < -0.3 is 5.11 Å². The highest BCUT2D eigenvalue weighted by molar-refractivity contribution is 5.42. The molecule has 0 bridgehead atoms. The quantitative estimate of drug-likeness (QED) is 0.676. The van der Waals surface area contributed by atoms with Crippen LogP contribution in [0.2, 0.25) is 0 Å². The molecule has 0 aliphatic carbocycles. The van der Waals surface area contributed by atoms with Gasteiger partial charge in [0.15, 0.2) is 0 Å². The summed E-state index contributed by atoms with van der Waals surface area (Å²) in [6.07, 6.45) is 3.66. The Morgan fingerprint density at radius 3 is 1.74 bits per heavy atom. The summed E-state index contributed by atoms with van der Waals surface area (Å²) < 4.78 is 0. The Morgan fingerprint density at radius 2 is 1.35 bits per heavy atom. The third-order valence-electron chi connectivity index (χ3n) is 5.25. The molecule has 0 radical (unpaired) electrons. The van der Waals surface area contributed by atoms with Crippen LogP contribution in [-0.2, 0) is 5.41 Å². The molecule has 2 aromatic rings. The number of unbranched alkanes of at least 4 members (excludes halogenated alkanes) is 1. The highest BCUT2D eigenvalue weighted by atomic mass is 16.3. The average Bonchev–Trinajstić information content (AvgIpc) is 2.62. The largest absolute Gasteiger partial charge is 0.392 e. The van der Waals surface area contributed by atoms with Gasteiger partial charge in [-0.1, -0.05) is 101 Å². The molecule has 0 heterocycles. The number of rotatable bonds is 8. The minimum absolute atomic E-state index is 0.341. The maximum absolute atomic E-state index is 11.3. The van der Waals surface area contributed by atoms with E-state index in [1.165, 1.54) is 11.1 Å². The van der Waals surface area contributed by atoms with Crippen molar-refractivity contribution in [2.24, 2.45) is 5.92 Å². The van der Waals surface area contributed by atoms with Gasteiger partial charge in [0, 0.05) is 5.41 Å². The molecule has 2 rings (SSSR count). The van der Waals surface area contributed by atoms with Crippen molar-refractivity contribution in [3.63, 3.8) is 0 Å². The van der Waals surface area contributed by atoms with E-state index in [1.54, 1.807) is 0 Å². The molecule has 1 nitrogen and oxygen atoms in total. The van der Waals surface area contributed by atoms with E-state index in [-0.39, 0.29) is 11.5 Å². The van der Waals surface area contributed by atoms with E-state index < -0.39 is 0 Å². The van der Waals surface area contributed by atoms with Crippen molar-refractivity contribution in [2.45, 2.75) is 58.0 Å². The van der Waals surface area contributed by atoms with E-state index in [4.69, 9.17) is 0 Å². The normalized spacial score (nSPS) is 14.4. The predicted molar refractivity (Wildman–Crippen MR) is 98.7 cm³/mol. The Labute approximate surface area is 141 Å². The zero-order valence-corrected chi connectivity index (χ0v) is 14.7. The predicted octanol–water partition coefficient (Wildman–Crippen LogP) is 5.57. The fourth-order valence-corrected chi connectivity index (χ4v) is 3.82. The van der Waals surface area contributed by atoms with Crippen LogP contribution in [0.1, 0.15) is 57.6 Å². The summed E-state index contributed by atoms with van der Waals surface area (Å²) in [4.78, 5) is 0. The average molecular weight is 310 g/mol. The van der Waals surface area contributed by atoms with Crippen molar-refractivity contribution in [1.29, 1.82) is 0 Å². The molecule has 0 saturated heterocycles. The second kappa shape index (κ2) is 8.31. The molecule has 0 fully saturated rings. The summed E-state index contributed by atoms with van der Waals surface area (Å²) in [5, 5.41) is 11.3. The summed E-state index contributed by atoms with van der Waals surface area (Å²) in [5.41, 5.74) is 2.11. The molecular weight excluding hydrogens is 280 g/mol. The fraction of sp³-hybridized carbons (Fsp3) is 0.455. The Balaban J connectivity index is 2.63. The highest BCUT2D eigenvalue weighted by Crippen LogP contribution is 2.45. The molecule has 0 aliphatic heterocycles. The van der Waals surface area contributed by atoms with E-state index in [0.29, 0.717) is 5.92 Å². The Kier molecular flexibility index (Phi) is 6.41. The third-order valence-corrected chi connectivity index (χ3v) is 5.25. The summed E-state index contributed by atoms with van der Waals surface area (Å²) in [7, 11) is 0. The maximum atomic E-state index is 11.3. The number of benzene rings is 2. The number of aliphatic hydroxyl groups is 1. The molecule has 0 aliphatic rings. The molecule has 0 aromatic heterocycles. The van der Waals surface area contributed by atoms with E-state index in [1.807, 2.05) is 12.1 Å². The highest BCUT2D eigenvalue weighted by Gasteiger charge is 2.44. The van der Waals surface area contributed by atoms with Crippen molar-refractivity contribution in [2.75, 3.05) is 0 Å². The van der Waals surface area contributed by atoms with E-state index in [9.17, 15) is 5.11 Å². The van der Waals surface area contributed by atoms with Crippen LogP contribution in [0.4, 0.5) is 0 Å². The van der Waals surface area contributed by atoms with Crippen molar-refractivity contribution in [3.05, 3.63) is 71.8 Å². The first kappa shape index (κ1) is 17.7. The van der Waals surface area contributed by atoms with Gasteiger partial charge in [-0.3, -0.25) is 0 Å². The zero-order valence-electron chi connectivity index (χ0n) is 14.7.